The summed E-state index contributed by atoms with van der Waals surface area (Å²) >= 11 is 0. The van der Waals surface area contributed by atoms with E-state index in [0.29, 0.717) is 31.6 Å². The molecule has 0 aromatic rings. The standard InChI is InChI=1S/C73H142O17P2/c1-63(2)49-41-33-25-18-14-12-10-9-11-13-15-20-29-37-45-53-70(75)83-60-69(90-73(78)56-48-40-32-24-28-36-44-52-66(7)8)62-88-92(81,82)86-58-67(74)57-85-91(79,80)87-61-68(59-84-71(76)54-46-38-30-23-22-27-35-43-51-65(5)6)89-72(77)55-47-39-31-21-17-16-19-26-34-42-50-64(3)4/h63-69,74H,9-62H2,1-8H3,(H,79,80)(H,81,82)/t67?,68-,69-/m1/s1. The lowest BCUT2D eigenvalue weighted by Crippen LogP contribution is -2.30. The molecule has 3 N–H and O–H groups in total. The number of aliphatic hydroxyl groups excluding tert-OH is 1. The number of phosphoric acid groups is 2. The minimum Gasteiger partial charge on any atom is -0.462 e. The van der Waals surface area contributed by atoms with E-state index in [1.54, 1.807) is 0 Å². The fraction of sp³-hybridized carbons (Fsp3) is 0.945. The topological polar surface area (TPSA) is 237 Å². The van der Waals surface area contributed by atoms with Gasteiger partial charge in [0.05, 0.1) is 26.4 Å². The van der Waals surface area contributed by atoms with Crippen molar-refractivity contribution in [3.63, 3.8) is 0 Å². The molecule has 17 nitrogen and oxygen atoms in total. The molecule has 19 heteroatoms. The van der Waals surface area contributed by atoms with Gasteiger partial charge >= 0.3 is 39.5 Å². The smallest absolute Gasteiger partial charge is 0.462 e. The van der Waals surface area contributed by atoms with Crippen LogP contribution in [0.3, 0.4) is 0 Å². The highest BCUT2D eigenvalue weighted by Gasteiger charge is 2.30. The third-order valence-electron chi connectivity index (χ3n) is 16.8. The maximum atomic E-state index is 13.0. The minimum absolute atomic E-state index is 0.103. The number of hydrogen-bond donors (Lipinski definition) is 3. The summed E-state index contributed by atoms with van der Waals surface area (Å²) in [7, 11) is -9.91. The van der Waals surface area contributed by atoms with Crippen molar-refractivity contribution in [1.82, 2.24) is 0 Å². The van der Waals surface area contributed by atoms with E-state index in [4.69, 9.17) is 37.0 Å². The third kappa shape index (κ3) is 66.7. The Kier molecular flexibility index (Phi) is 61.3. The molecule has 0 aromatic carbocycles. The van der Waals surface area contributed by atoms with Gasteiger partial charge in [-0.2, -0.15) is 0 Å². The van der Waals surface area contributed by atoms with E-state index in [-0.39, 0.29) is 25.7 Å². The van der Waals surface area contributed by atoms with Crippen LogP contribution in [0.15, 0.2) is 0 Å². The van der Waals surface area contributed by atoms with Crippen molar-refractivity contribution in [3.8, 4) is 0 Å². The van der Waals surface area contributed by atoms with Crippen molar-refractivity contribution in [3.05, 3.63) is 0 Å². The predicted octanol–water partition coefficient (Wildman–Crippen LogP) is 20.9. The summed E-state index contributed by atoms with van der Waals surface area (Å²) in [5.41, 5.74) is 0. The second kappa shape index (κ2) is 62.6. The number of carbonyl (C=O) groups excluding carboxylic acids is 4. The van der Waals surface area contributed by atoms with Crippen molar-refractivity contribution in [2.45, 2.75) is 382 Å². The number of esters is 4. The first-order valence-corrected chi connectivity index (χ1v) is 40.7. The highest BCUT2D eigenvalue weighted by atomic mass is 31.2. The van der Waals surface area contributed by atoms with E-state index in [1.165, 1.54) is 167 Å². The zero-order valence-corrected chi connectivity index (χ0v) is 62.0. The van der Waals surface area contributed by atoms with Crippen molar-refractivity contribution in [2.75, 3.05) is 39.6 Å². The van der Waals surface area contributed by atoms with Crippen molar-refractivity contribution in [1.29, 1.82) is 0 Å². The van der Waals surface area contributed by atoms with Gasteiger partial charge in [0.1, 0.15) is 19.3 Å². The van der Waals surface area contributed by atoms with Crippen LogP contribution in [-0.4, -0.2) is 96.7 Å². The third-order valence-corrected chi connectivity index (χ3v) is 18.7. The van der Waals surface area contributed by atoms with E-state index in [9.17, 15) is 43.2 Å². The second-order valence-corrected chi connectivity index (χ2v) is 31.1. The lowest BCUT2D eigenvalue weighted by atomic mass is 10.0. The average Bonchev–Trinajstić information content (AvgIpc) is 2.13. The van der Waals surface area contributed by atoms with E-state index in [0.717, 1.165) is 108 Å². The van der Waals surface area contributed by atoms with Gasteiger partial charge in [-0.05, 0) is 49.4 Å². The first-order valence-electron chi connectivity index (χ1n) is 37.7. The molecule has 0 saturated heterocycles. The predicted molar refractivity (Wildman–Crippen MR) is 372 cm³/mol. The Labute approximate surface area is 562 Å². The van der Waals surface area contributed by atoms with Gasteiger partial charge in [-0.25, -0.2) is 9.13 Å². The van der Waals surface area contributed by atoms with Crippen LogP contribution in [0.1, 0.15) is 364 Å². The molecule has 0 fully saturated rings. The number of rotatable bonds is 70. The van der Waals surface area contributed by atoms with Crippen LogP contribution in [0.4, 0.5) is 0 Å². The van der Waals surface area contributed by atoms with Crippen molar-refractivity contribution >= 4 is 39.5 Å². The first-order chi connectivity index (χ1) is 44.1. The maximum absolute atomic E-state index is 13.0. The zero-order valence-electron chi connectivity index (χ0n) is 60.2. The minimum atomic E-state index is -4.95. The second-order valence-electron chi connectivity index (χ2n) is 28.2. The van der Waals surface area contributed by atoms with Crippen LogP contribution in [-0.2, 0) is 65.4 Å². The van der Waals surface area contributed by atoms with Gasteiger partial charge in [0.15, 0.2) is 12.2 Å². The number of ether oxygens (including phenoxy) is 4. The van der Waals surface area contributed by atoms with Gasteiger partial charge in [0.2, 0.25) is 0 Å². The molecule has 5 atom stereocenters. The quantitative estimate of drug-likeness (QED) is 0.0222. The lowest BCUT2D eigenvalue weighted by molar-refractivity contribution is -0.161. The molecule has 0 bridgehead atoms. The number of phosphoric ester groups is 2. The van der Waals surface area contributed by atoms with Crippen LogP contribution >= 0.6 is 15.6 Å². The molecule has 0 aliphatic heterocycles. The molecule has 0 radical (unpaired) electrons. The van der Waals surface area contributed by atoms with Gasteiger partial charge in [-0.3, -0.25) is 37.3 Å². The number of aliphatic hydroxyl groups is 1. The largest absolute Gasteiger partial charge is 0.472 e. The number of unbranched alkanes of at least 4 members (excludes halogenated alkanes) is 36. The number of carbonyl (C=O) groups is 4. The van der Waals surface area contributed by atoms with Gasteiger partial charge in [-0.1, -0.05) is 312 Å². The number of hydrogen-bond acceptors (Lipinski definition) is 15. The van der Waals surface area contributed by atoms with Crippen LogP contribution in [0, 0.1) is 23.7 Å². The molecule has 0 aliphatic rings. The highest BCUT2D eigenvalue weighted by Crippen LogP contribution is 2.45. The van der Waals surface area contributed by atoms with E-state index < -0.39 is 97.5 Å². The molecule has 0 amide bonds. The first kappa shape index (κ1) is 90.1. The van der Waals surface area contributed by atoms with Gasteiger partial charge in [-0.15, -0.1) is 0 Å². The molecule has 92 heavy (non-hydrogen) atoms. The van der Waals surface area contributed by atoms with Crippen LogP contribution in [0.25, 0.3) is 0 Å². The zero-order chi connectivity index (χ0) is 68.2. The molecular weight excluding hydrogens is 1210 g/mol. The summed E-state index contributed by atoms with van der Waals surface area (Å²) < 4.78 is 68.4. The summed E-state index contributed by atoms with van der Waals surface area (Å²) in [5, 5.41) is 10.6. The summed E-state index contributed by atoms with van der Waals surface area (Å²) in [4.78, 5) is 72.6. The van der Waals surface area contributed by atoms with Crippen molar-refractivity contribution in [2.24, 2.45) is 23.7 Å². The lowest BCUT2D eigenvalue weighted by Gasteiger charge is -2.21. The molecule has 3 unspecified atom stereocenters. The SMILES string of the molecule is CC(C)CCCCCCCCCCCCCCCCCC(=O)OC[C@H](COP(=O)(O)OCC(O)COP(=O)(O)OC[C@@H](COC(=O)CCCCCCCCCCC(C)C)OC(=O)CCCCCCCCCCCCC(C)C)OC(=O)CCCCCCCCCC(C)C. The fourth-order valence-electron chi connectivity index (χ4n) is 11.0. The van der Waals surface area contributed by atoms with Crippen molar-refractivity contribution < 1.29 is 80.2 Å². The van der Waals surface area contributed by atoms with Crippen LogP contribution < -0.4 is 0 Å². The molecular formula is C73H142O17P2. The summed E-state index contributed by atoms with van der Waals surface area (Å²) in [5.74, 6) is 0.853. The monoisotopic (exact) mass is 1350 g/mol. The molecule has 0 aliphatic carbocycles. The summed E-state index contributed by atoms with van der Waals surface area (Å²) in [6.45, 7) is 14.1. The molecule has 546 valence electrons. The van der Waals surface area contributed by atoms with Gasteiger partial charge < -0.3 is 33.8 Å². The fourth-order valence-corrected chi connectivity index (χ4v) is 12.6. The van der Waals surface area contributed by atoms with Crippen LogP contribution in [0.5, 0.6) is 0 Å². The Morgan fingerprint density at radius 3 is 0.674 bits per heavy atom. The molecule has 0 spiro atoms. The van der Waals surface area contributed by atoms with Gasteiger partial charge in [0, 0.05) is 25.7 Å². The molecule has 0 rings (SSSR count). The Balaban J connectivity index is 5.20. The highest BCUT2D eigenvalue weighted by molar-refractivity contribution is 7.47. The van der Waals surface area contributed by atoms with E-state index in [2.05, 4.69) is 55.4 Å². The normalized spacial score (nSPS) is 14.2. The Hall–Kier alpha value is -1.94. The van der Waals surface area contributed by atoms with Crippen LogP contribution in [0.2, 0.25) is 0 Å². The molecule has 0 heterocycles. The molecule has 0 saturated carbocycles. The van der Waals surface area contributed by atoms with E-state index in [1.807, 2.05) is 0 Å². The maximum Gasteiger partial charge on any atom is 0.472 e. The average molecular weight is 1350 g/mol. The Morgan fingerprint density at radius 1 is 0.272 bits per heavy atom. The summed E-state index contributed by atoms with van der Waals surface area (Å²) in [6, 6.07) is 0. The Bertz CT molecular complexity index is 1820. The van der Waals surface area contributed by atoms with Gasteiger partial charge in [0.25, 0.3) is 0 Å². The van der Waals surface area contributed by atoms with E-state index >= 15 is 0 Å². The summed E-state index contributed by atoms with van der Waals surface area (Å²) in [6.07, 6.45) is 46.0. The Morgan fingerprint density at radius 2 is 0.457 bits per heavy atom. The molecule has 0 aromatic heterocycles.